The molecule has 2 aromatic rings. The largest absolute Gasteiger partial charge is 0.378 e. The molecule has 10 heteroatoms. The van der Waals surface area contributed by atoms with E-state index in [1.54, 1.807) is 4.90 Å². The van der Waals surface area contributed by atoms with Crippen LogP contribution in [0, 0.1) is 0 Å². The molecule has 0 saturated carbocycles. The number of carbonyl (C=O) groups excluding carboxylic acids is 1. The first-order chi connectivity index (χ1) is 13.7. The lowest BCUT2D eigenvalue weighted by atomic mass is 10.1. The Hall–Kier alpha value is -1.84. The van der Waals surface area contributed by atoms with Crippen molar-refractivity contribution >= 4 is 44.8 Å². The molecule has 1 fully saturated rings. The summed E-state index contributed by atoms with van der Waals surface area (Å²) in [4.78, 5) is 25.3. The van der Waals surface area contributed by atoms with Gasteiger partial charge in [0.15, 0.2) is 20.7 Å². The van der Waals surface area contributed by atoms with E-state index in [4.69, 9.17) is 11.6 Å². The molecule has 1 amide bonds. The predicted octanol–water partition coefficient (Wildman–Crippen LogP) is 2.75. The monoisotopic (exact) mass is 454 g/mol. The van der Waals surface area contributed by atoms with Crippen molar-refractivity contribution in [3.05, 3.63) is 46.7 Å². The van der Waals surface area contributed by atoms with Crippen molar-refractivity contribution in [3.63, 3.8) is 0 Å². The molecule has 0 radical (unpaired) electrons. The zero-order valence-corrected chi connectivity index (χ0v) is 18.9. The predicted molar refractivity (Wildman–Crippen MR) is 117 cm³/mol. The molecule has 2 heterocycles. The summed E-state index contributed by atoms with van der Waals surface area (Å²) in [6, 6.07) is 7.40. The maximum absolute atomic E-state index is 13.4. The van der Waals surface area contributed by atoms with Gasteiger partial charge in [-0.2, -0.15) is 0 Å². The van der Waals surface area contributed by atoms with Crippen LogP contribution in [-0.4, -0.2) is 67.1 Å². The molecule has 1 aliphatic rings. The average Bonchev–Trinajstić information content (AvgIpc) is 3.05. The number of benzene rings is 1. The third kappa shape index (κ3) is 5.21. The molecule has 1 saturated heterocycles. The smallest absolute Gasteiger partial charge is 0.274 e. The van der Waals surface area contributed by atoms with Crippen molar-refractivity contribution in [2.75, 3.05) is 36.8 Å². The van der Waals surface area contributed by atoms with E-state index in [1.807, 2.05) is 49.5 Å². The lowest BCUT2D eigenvalue weighted by Gasteiger charge is -2.28. The number of sulfone groups is 1. The lowest BCUT2D eigenvalue weighted by Crippen LogP contribution is -2.41. The number of halogens is 1. The summed E-state index contributed by atoms with van der Waals surface area (Å²) in [7, 11) is 0.746. The van der Waals surface area contributed by atoms with Gasteiger partial charge in [-0.3, -0.25) is 4.79 Å². The molecule has 0 N–H and O–H groups in total. The molecule has 0 aliphatic carbocycles. The van der Waals surface area contributed by atoms with Crippen molar-refractivity contribution in [2.24, 2.45) is 0 Å². The Morgan fingerprint density at radius 2 is 1.97 bits per heavy atom. The Bertz CT molecular complexity index is 997. The number of carbonyl (C=O) groups is 1. The minimum atomic E-state index is -3.16. The second kappa shape index (κ2) is 8.89. The minimum absolute atomic E-state index is 0.0490. The van der Waals surface area contributed by atoms with Crippen LogP contribution in [0.1, 0.15) is 22.5 Å². The van der Waals surface area contributed by atoms with Gasteiger partial charge in [-0.25, -0.2) is 18.4 Å². The highest BCUT2D eigenvalue weighted by atomic mass is 35.5. The number of amides is 1. The SMILES string of the molecule is CSc1ncc(Cl)c(C(=O)N(Cc2ccc(N(C)C)cc2)[C@@H]2CCS(=O)(=O)C2)n1. The van der Waals surface area contributed by atoms with Crippen molar-refractivity contribution < 1.29 is 13.2 Å². The van der Waals surface area contributed by atoms with Crippen LogP contribution in [0.5, 0.6) is 0 Å². The van der Waals surface area contributed by atoms with Crippen molar-refractivity contribution in [2.45, 2.75) is 24.2 Å². The van der Waals surface area contributed by atoms with E-state index in [0.29, 0.717) is 11.6 Å². The number of thioether (sulfide) groups is 1. The summed E-state index contributed by atoms with van der Waals surface area (Å²) in [5, 5.41) is 0.591. The second-order valence-corrected chi connectivity index (χ2v) is 10.5. The summed E-state index contributed by atoms with van der Waals surface area (Å²) in [6.45, 7) is 0.279. The topological polar surface area (TPSA) is 83.5 Å². The van der Waals surface area contributed by atoms with E-state index >= 15 is 0 Å². The zero-order chi connectivity index (χ0) is 21.2. The molecule has 0 bridgehead atoms. The van der Waals surface area contributed by atoms with Gasteiger partial charge in [0, 0.05) is 32.4 Å². The second-order valence-electron chi connectivity index (χ2n) is 7.10. The van der Waals surface area contributed by atoms with E-state index < -0.39 is 15.9 Å². The average molecular weight is 455 g/mol. The van der Waals surface area contributed by atoms with Crippen LogP contribution in [0.25, 0.3) is 0 Å². The van der Waals surface area contributed by atoms with E-state index in [1.165, 1.54) is 18.0 Å². The number of hydrogen-bond acceptors (Lipinski definition) is 7. The van der Waals surface area contributed by atoms with E-state index in [2.05, 4.69) is 9.97 Å². The van der Waals surface area contributed by atoms with E-state index in [9.17, 15) is 13.2 Å². The van der Waals surface area contributed by atoms with Crippen LogP contribution in [0.15, 0.2) is 35.6 Å². The summed E-state index contributed by atoms with van der Waals surface area (Å²) in [5.41, 5.74) is 2.04. The van der Waals surface area contributed by atoms with Gasteiger partial charge in [-0.1, -0.05) is 35.5 Å². The van der Waals surface area contributed by atoms with Crippen LogP contribution < -0.4 is 4.90 Å². The molecular formula is C19H23ClN4O3S2. The fourth-order valence-corrected chi connectivity index (χ4v) is 5.46. The Morgan fingerprint density at radius 1 is 1.28 bits per heavy atom. The molecule has 1 aliphatic heterocycles. The molecule has 0 unspecified atom stereocenters. The molecular weight excluding hydrogens is 432 g/mol. The molecule has 1 atom stereocenters. The number of aromatic nitrogens is 2. The highest BCUT2D eigenvalue weighted by molar-refractivity contribution is 7.98. The fraction of sp³-hybridized carbons (Fsp3) is 0.421. The normalized spacial score (nSPS) is 17.9. The van der Waals surface area contributed by atoms with Gasteiger partial charge in [0.2, 0.25) is 0 Å². The maximum atomic E-state index is 13.4. The van der Waals surface area contributed by atoms with Gasteiger partial charge >= 0.3 is 0 Å². The van der Waals surface area contributed by atoms with Gasteiger partial charge in [0.1, 0.15) is 0 Å². The molecule has 156 valence electrons. The highest BCUT2D eigenvalue weighted by Gasteiger charge is 2.36. The van der Waals surface area contributed by atoms with Gasteiger partial charge in [0.05, 0.1) is 22.7 Å². The summed E-state index contributed by atoms with van der Waals surface area (Å²) < 4.78 is 24.1. The first kappa shape index (κ1) is 21.9. The summed E-state index contributed by atoms with van der Waals surface area (Å²) >= 11 is 7.52. The molecule has 29 heavy (non-hydrogen) atoms. The Morgan fingerprint density at radius 3 is 2.52 bits per heavy atom. The first-order valence-electron chi connectivity index (χ1n) is 9.04. The number of rotatable bonds is 6. The van der Waals surface area contributed by atoms with Crippen LogP contribution in [0.4, 0.5) is 5.69 Å². The third-order valence-corrected chi connectivity index (χ3v) is 7.41. The van der Waals surface area contributed by atoms with Gasteiger partial charge in [0.25, 0.3) is 5.91 Å². The van der Waals surface area contributed by atoms with E-state index in [-0.39, 0.29) is 34.7 Å². The Balaban J connectivity index is 1.94. The summed E-state index contributed by atoms with van der Waals surface area (Å²) in [6.07, 6.45) is 3.62. The van der Waals surface area contributed by atoms with Crippen molar-refractivity contribution in [1.29, 1.82) is 0 Å². The molecule has 1 aromatic carbocycles. The lowest BCUT2D eigenvalue weighted by molar-refractivity contribution is 0.0674. The number of anilines is 1. The van der Waals surface area contributed by atoms with Crippen LogP contribution in [-0.2, 0) is 16.4 Å². The Labute approximate surface area is 180 Å². The number of nitrogens with zero attached hydrogens (tertiary/aromatic N) is 4. The highest BCUT2D eigenvalue weighted by Crippen LogP contribution is 2.25. The first-order valence-corrected chi connectivity index (χ1v) is 12.5. The quantitative estimate of drug-likeness (QED) is 0.490. The zero-order valence-electron chi connectivity index (χ0n) is 16.5. The molecule has 3 rings (SSSR count). The van der Waals surface area contributed by atoms with Gasteiger partial charge in [-0.05, 0) is 30.4 Å². The maximum Gasteiger partial charge on any atom is 0.274 e. The molecule has 7 nitrogen and oxygen atoms in total. The molecule has 1 aromatic heterocycles. The fourth-order valence-electron chi connectivity index (χ4n) is 3.22. The van der Waals surface area contributed by atoms with Crippen molar-refractivity contribution in [3.8, 4) is 0 Å². The number of hydrogen-bond donors (Lipinski definition) is 0. The standard InChI is InChI=1S/C19H23ClN4O3S2/c1-23(2)14-6-4-13(5-7-14)11-24(15-8-9-29(26,27)12-15)18(25)17-16(20)10-21-19(22-17)28-3/h4-7,10,15H,8-9,11-12H2,1-3H3/t15-/m1/s1. The van der Waals surface area contributed by atoms with E-state index in [0.717, 1.165) is 11.3 Å². The van der Waals surface area contributed by atoms with Gasteiger partial charge in [-0.15, -0.1) is 0 Å². The van der Waals surface area contributed by atoms with Crippen LogP contribution in [0.2, 0.25) is 5.02 Å². The summed E-state index contributed by atoms with van der Waals surface area (Å²) in [5.74, 6) is -0.354. The van der Waals surface area contributed by atoms with Gasteiger partial charge < -0.3 is 9.80 Å². The van der Waals surface area contributed by atoms with Crippen molar-refractivity contribution in [1.82, 2.24) is 14.9 Å². The third-order valence-electron chi connectivity index (χ3n) is 4.82. The Kier molecular flexibility index (Phi) is 6.70. The van der Waals surface area contributed by atoms with Crippen LogP contribution in [0.3, 0.4) is 0 Å². The minimum Gasteiger partial charge on any atom is -0.378 e. The van der Waals surface area contributed by atoms with Crippen LogP contribution >= 0.6 is 23.4 Å². The molecule has 0 spiro atoms.